The fraction of sp³-hybridized carbons (Fsp3) is 0.650. The Morgan fingerprint density at radius 3 is 2.31 bits per heavy atom. The summed E-state index contributed by atoms with van der Waals surface area (Å²) in [4.78, 5) is 32.5. The second kappa shape index (κ2) is 9.35. The van der Waals surface area contributed by atoms with Crippen molar-refractivity contribution in [3.05, 3.63) is 27.8 Å². The van der Waals surface area contributed by atoms with Gasteiger partial charge in [0.25, 0.3) is 11.0 Å². The molecular weight excluding hydrogens is 426 g/mol. The molecular formula is C20H27N3O9. The van der Waals surface area contributed by atoms with Gasteiger partial charge in [-0.05, 0) is 12.1 Å². The number of hydrogen-bond donors (Lipinski definition) is 0. The van der Waals surface area contributed by atoms with Crippen molar-refractivity contribution in [1.82, 2.24) is 9.80 Å². The van der Waals surface area contributed by atoms with E-state index in [1.54, 1.807) is 17.0 Å². The molecule has 0 bridgehead atoms. The zero-order chi connectivity index (χ0) is 22.8. The number of benzene rings is 1. The van der Waals surface area contributed by atoms with E-state index in [9.17, 15) is 14.9 Å². The third kappa shape index (κ3) is 4.00. The first kappa shape index (κ1) is 22.4. The fourth-order valence-electron chi connectivity index (χ4n) is 4.65. The summed E-state index contributed by atoms with van der Waals surface area (Å²) in [5.41, 5.74) is 0.404. The molecule has 3 aliphatic heterocycles. The number of methoxy groups -OCH3 is 3. The average molecular weight is 453 g/mol. The molecule has 3 saturated heterocycles. The molecule has 0 N–H and O–H groups in total. The van der Waals surface area contributed by atoms with Gasteiger partial charge in [0, 0.05) is 26.2 Å². The van der Waals surface area contributed by atoms with Gasteiger partial charge in [-0.2, -0.15) is 0 Å². The van der Waals surface area contributed by atoms with Crippen LogP contribution in [0.25, 0.3) is 0 Å². The maximum Gasteiger partial charge on any atom is 0.294 e. The van der Waals surface area contributed by atoms with Gasteiger partial charge in [0.05, 0.1) is 46.1 Å². The molecule has 0 aliphatic carbocycles. The van der Waals surface area contributed by atoms with Crippen LogP contribution in [0.15, 0.2) is 12.1 Å². The lowest BCUT2D eigenvalue weighted by Gasteiger charge is -2.39. The number of fused-ring (bicyclic) bond motifs is 1. The fourth-order valence-corrected chi connectivity index (χ4v) is 4.65. The van der Waals surface area contributed by atoms with Crippen molar-refractivity contribution in [1.29, 1.82) is 0 Å². The molecule has 12 nitrogen and oxygen atoms in total. The molecule has 3 aliphatic rings. The molecule has 0 saturated carbocycles. The Morgan fingerprint density at radius 1 is 1.00 bits per heavy atom. The van der Waals surface area contributed by atoms with Crippen molar-refractivity contribution in [2.45, 2.75) is 24.4 Å². The van der Waals surface area contributed by atoms with Gasteiger partial charge >= 0.3 is 0 Å². The highest BCUT2D eigenvalue weighted by Crippen LogP contribution is 2.40. The summed E-state index contributed by atoms with van der Waals surface area (Å²) in [7, 11) is 4.51. The quantitative estimate of drug-likeness (QED) is 0.418. The van der Waals surface area contributed by atoms with E-state index in [-0.39, 0.29) is 24.7 Å². The van der Waals surface area contributed by atoms with Gasteiger partial charge in [-0.1, -0.05) is 0 Å². The van der Waals surface area contributed by atoms with Gasteiger partial charge in [0.1, 0.15) is 12.2 Å². The Balaban J connectivity index is 1.40. The standard InChI is InChI=1S/C20H27N3O9/c1-27-14-5-4-12(16(28-2)18(14)29-3)20(24)22-8-6-21(7-9-22)13-10-30-19-15(32-23(25)26)11-31-17(13)19/h4-5,13,15,17,19H,6-11H2,1-3H3/t13-,15-,17+,19+/m0/s1. The molecule has 4 rings (SSSR count). The summed E-state index contributed by atoms with van der Waals surface area (Å²) in [5.74, 6) is 1.04. The van der Waals surface area contributed by atoms with Crippen LogP contribution >= 0.6 is 0 Å². The highest BCUT2D eigenvalue weighted by atomic mass is 17.0. The van der Waals surface area contributed by atoms with Gasteiger partial charge in [0.2, 0.25) is 5.75 Å². The number of rotatable bonds is 7. The Hall–Kier alpha value is -2.83. The van der Waals surface area contributed by atoms with Crippen molar-refractivity contribution < 1.29 is 38.4 Å². The molecule has 32 heavy (non-hydrogen) atoms. The number of carbonyl (C=O) groups is 1. The van der Waals surface area contributed by atoms with E-state index in [0.717, 1.165) is 0 Å². The zero-order valence-corrected chi connectivity index (χ0v) is 18.2. The van der Waals surface area contributed by atoms with Gasteiger partial charge in [-0.15, -0.1) is 10.1 Å². The van der Waals surface area contributed by atoms with Crippen LogP contribution in [0.3, 0.4) is 0 Å². The molecule has 0 radical (unpaired) electrons. The van der Waals surface area contributed by atoms with Crippen LogP contribution in [-0.4, -0.2) is 106 Å². The van der Waals surface area contributed by atoms with Crippen molar-refractivity contribution in [2.75, 3.05) is 60.7 Å². The number of nitrogens with zero attached hydrogens (tertiary/aromatic N) is 3. The average Bonchev–Trinajstić information content (AvgIpc) is 3.40. The Labute approximate surface area is 184 Å². The SMILES string of the molecule is COc1ccc(C(=O)N2CCN([C@H]3CO[C@H]4[C@@H]3OC[C@@H]4O[N+](=O)[O-])CC2)c(OC)c1OC. The summed E-state index contributed by atoms with van der Waals surface area (Å²) in [6.07, 6.45) is -1.45. The molecule has 0 aromatic heterocycles. The molecule has 1 aromatic carbocycles. The summed E-state index contributed by atoms with van der Waals surface area (Å²) in [6, 6.07) is 3.32. The Morgan fingerprint density at radius 2 is 1.69 bits per heavy atom. The number of piperazine rings is 1. The van der Waals surface area contributed by atoms with Gasteiger partial charge in [-0.3, -0.25) is 9.69 Å². The molecule has 0 unspecified atom stereocenters. The van der Waals surface area contributed by atoms with E-state index in [4.69, 9.17) is 23.7 Å². The molecule has 1 amide bonds. The van der Waals surface area contributed by atoms with Crippen LogP contribution in [0.4, 0.5) is 0 Å². The lowest BCUT2D eigenvalue weighted by Crippen LogP contribution is -2.55. The summed E-state index contributed by atoms with van der Waals surface area (Å²) in [5, 5.41) is 9.86. The molecule has 176 valence electrons. The largest absolute Gasteiger partial charge is 0.493 e. The first-order valence-corrected chi connectivity index (χ1v) is 10.3. The monoisotopic (exact) mass is 453 g/mol. The Bertz CT molecular complexity index is 859. The van der Waals surface area contributed by atoms with E-state index < -0.39 is 17.3 Å². The van der Waals surface area contributed by atoms with Crippen LogP contribution in [0, 0.1) is 10.1 Å². The van der Waals surface area contributed by atoms with E-state index >= 15 is 0 Å². The molecule has 0 spiro atoms. The van der Waals surface area contributed by atoms with Crippen molar-refractivity contribution >= 4 is 5.91 Å². The molecule has 3 heterocycles. The third-order valence-electron chi connectivity index (χ3n) is 6.21. The van der Waals surface area contributed by atoms with Crippen LogP contribution in [0.1, 0.15) is 10.4 Å². The summed E-state index contributed by atoms with van der Waals surface area (Å²) < 4.78 is 27.6. The van der Waals surface area contributed by atoms with Gasteiger partial charge in [-0.25, -0.2) is 0 Å². The highest BCUT2D eigenvalue weighted by molar-refractivity contribution is 5.98. The minimum Gasteiger partial charge on any atom is -0.493 e. The minimum atomic E-state index is -0.806. The number of hydrogen-bond acceptors (Lipinski definition) is 10. The normalized spacial score (nSPS) is 27.7. The molecule has 1 aromatic rings. The van der Waals surface area contributed by atoms with E-state index in [2.05, 4.69) is 9.74 Å². The predicted octanol–water partition coefficient (Wildman–Crippen LogP) is 0.213. The molecule has 4 atom stereocenters. The van der Waals surface area contributed by atoms with E-state index in [1.807, 2.05) is 0 Å². The first-order chi connectivity index (χ1) is 15.5. The van der Waals surface area contributed by atoms with Crippen molar-refractivity contribution in [2.24, 2.45) is 0 Å². The van der Waals surface area contributed by atoms with Crippen LogP contribution in [0.2, 0.25) is 0 Å². The van der Waals surface area contributed by atoms with Crippen molar-refractivity contribution in [3.8, 4) is 17.2 Å². The number of carbonyl (C=O) groups excluding carboxylic acids is 1. The molecule has 3 fully saturated rings. The first-order valence-electron chi connectivity index (χ1n) is 10.3. The smallest absolute Gasteiger partial charge is 0.294 e. The zero-order valence-electron chi connectivity index (χ0n) is 18.2. The van der Waals surface area contributed by atoms with E-state index in [0.29, 0.717) is 55.6 Å². The van der Waals surface area contributed by atoms with Crippen LogP contribution < -0.4 is 14.2 Å². The lowest BCUT2D eigenvalue weighted by atomic mass is 10.1. The second-order valence-corrected chi connectivity index (χ2v) is 7.74. The number of ether oxygens (including phenoxy) is 5. The molecule has 12 heteroatoms. The highest BCUT2D eigenvalue weighted by Gasteiger charge is 2.51. The van der Waals surface area contributed by atoms with Gasteiger partial charge < -0.3 is 33.4 Å². The summed E-state index contributed by atoms with van der Waals surface area (Å²) >= 11 is 0. The van der Waals surface area contributed by atoms with Crippen LogP contribution in [-0.2, 0) is 14.3 Å². The maximum atomic E-state index is 13.2. The van der Waals surface area contributed by atoms with Crippen molar-refractivity contribution in [3.63, 3.8) is 0 Å². The maximum absolute atomic E-state index is 13.2. The Kier molecular flexibility index (Phi) is 6.53. The topological polar surface area (TPSA) is 122 Å². The predicted molar refractivity (Wildman–Crippen MR) is 109 cm³/mol. The minimum absolute atomic E-state index is 0.0341. The summed E-state index contributed by atoms with van der Waals surface area (Å²) in [6.45, 7) is 2.82. The number of amides is 1. The third-order valence-corrected chi connectivity index (χ3v) is 6.21. The lowest BCUT2D eigenvalue weighted by molar-refractivity contribution is -0.769. The second-order valence-electron chi connectivity index (χ2n) is 7.74. The van der Waals surface area contributed by atoms with Gasteiger partial charge in [0.15, 0.2) is 17.6 Å². The van der Waals surface area contributed by atoms with E-state index in [1.165, 1.54) is 21.3 Å². The van der Waals surface area contributed by atoms with Crippen LogP contribution in [0.5, 0.6) is 17.2 Å².